The van der Waals surface area contributed by atoms with Gasteiger partial charge in [-0.15, -0.1) is 22.7 Å². The van der Waals surface area contributed by atoms with Crippen molar-refractivity contribution in [2.75, 3.05) is 38.2 Å². The highest BCUT2D eigenvalue weighted by Crippen LogP contribution is 2.38. The number of hydrogen-bond acceptors (Lipinski definition) is 7. The van der Waals surface area contributed by atoms with Gasteiger partial charge in [-0.05, 0) is 18.4 Å². The molecule has 5 nitrogen and oxygen atoms in total. The first-order valence-electron chi connectivity index (χ1n) is 8.21. The van der Waals surface area contributed by atoms with Crippen LogP contribution in [-0.2, 0) is 11.3 Å². The van der Waals surface area contributed by atoms with E-state index in [4.69, 9.17) is 14.7 Å². The topological polar surface area (TPSA) is 50.3 Å². The minimum Gasteiger partial charge on any atom is -0.379 e. The maximum atomic E-state index is 5.42. The molecular formula is C17H20N4OS2. The summed E-state index contributed by atoms with van der Waals surface area (Å²) in [5.41, 5.74) is 1.24. The van der Waals surface area contributed by atoms with Crippen LogP contribution in [0.4, 0.5) is 5.82 Å². The van der Waals surface area contributed by atoms with Gasteiger partial charge in [-0.3, -0.25) is 4.90 Å². The molecule has 0 radical (unpaired) electrons. The lowest BCUT2D eigenvalue weighted by molar-refractivity contribution is 0.0331. The number of ether oxygens (including phenoxy) is 1. The summed E-state index contributed by atoms with van der Waals surface area (Å²) in [6.07, 6.45) is 0. The summed E-state index contributed by atoms with van der Waals surface area (Å²) in [5.74, 6) is 1.84. The van der Waals surface area contributed by atoms with Crippen molar-refractivity contribution in [2.45, 2.75) is 13.5 Å². The number of anilines is 1. The second-order valence-electron chi connectivity index (χ2n) is 5.71. The van der Waals surface area contributed by atoms with Crippen molar-refractivity contribution < 1.29 is 4.74 Å². The number of morpholine rings is 1. The summed E-state index contributed by atoms with van der Waals surface area (Å²) in [6.45, 7) is 7.22. The minimum absolute atomic E-state index is 0.782. The number of nitrogens with one attached hydrogen (secondary N) is 1. The van der Waals surface area contributed by atoms with E-state index in [1.165, 1.54) is 10.4 Å². The highest BCUT2D eigenvalue weighted by Gasteiger charge is 2.18. The standard InChI is InChI=1S/C17H20N4OS2/c1-2-18-16-15-12(13-4-3-9-23-13)11-24-17(15)20-14(19-16)10-21-5-7-22-8-6-21/h3-4,9,11H,2,5-8,10H2,1H3,(H,18,19,20). The number of fused-ring (bicyclic) bond motifs is 1. The molecular weight excluding hydrogens is 340 g/mol. The van der Waals surface area contributed by atoms with Crippen molar-refractivity contribution in [1.82, 2.24) is 14.9 Å². The normalized spacial score (nSPS) is 15.9. The molecule has 0 aliphatic carbocycles. The van der Waals surface area contributed by atoms with Crippen LogP contribution in [0.3, 0.4) is 0 Å². The van der Waals surface area contributed by atoms with Crippen molar-refractivity contribution in [3.8, 4) is 10.4 Å². The molecule has 0 spiro atoms. The van der Waals surface area contributed by atoms with Crippen molar-refractivity contribution in [3.63, 3.8) is 0 Å². The molecule has 4 rings (SSSR count). The van der Waals surface area contributed by atoms with Gasteiger partial charge in [-0.2, -0.15) is 0 Å². The highest BCUT2D eigenvalue weighted by atomic mass is 32.1. The molecule has 0 unspecified atom stereocenters. The van der Waals surface area contributed by atoms with Gasteiger partial charge in [0, 0.05) is 35.5 Å². The molecule has 1 aliphatic heterocycles. The van der Waals surface area contributed by atoms with Gasteiger partial charge in [0.1, 0.15) is 16.5 Å². The molecule has 1 aliphatic rings. The Morgan fingerprint density at radius 2 is 2.12 bits per heavy atom. The summed E-state index contributed by atoms with van der Waals surface area (Å²) in [4.78, 5) is 14.4. The fourth-order valence-corrected chi connectivity index (χ4v) is 4.70. The van der Waals surface area contributed by atoms with Gasteiger partial charge in [-0.25, -0.2) is 9.97 Å². The van der Waals surface area contributed by atoms with E-state index in [-0.39, 0.29) is 0 Å². The van der Waals surface area contributed by atoms with E-state index in [2.05, 4.69) is 40.0 Å². The predicted octanol–water partition coefficient (Wildman–Crippen LogP) is 3.68. The summed E-state index contributed by atoms with van der Waals surface area (Å²) < 4.78 is 5.42. The Kier molecular flexibility index (Phi) is 4.75. The Balaban J connectivity index is 1.73. The Bertz CT molecular complexity index is 809. The number of hydrogen-bond donors (Lipinski definition) is 1. The lowest BCUT2D eigenvalue weighted by Gasteiger charge is -2.25. The largest absolute Gasteiger partial charge is 0.379 e. The maximum Gasteiger partial charge on any atom is 0.146 e. The summed E-state index contributed by atoms with van der Waals surface area (Å²) in [6, 6.07) is 4.24. The molecule has 3 aromatic rings. The number of aromatic nitrogens is 2. The first-order chi connectivity index (χ1) is 11.8. The molecule has 0 saturated carbocycles. The van der Waals surface area contributed by atoms with E-state index < -0.39 is 0 Å². The van der Waals surface area contributed by atoms with Gasteiger partial charge in [-0.1, -0.05) is 6.07 Å². The molecule has 1 saturated heterocycles. The van der Waals surface area contributed by atoms with Crippen molar-refractivity contribution in [3.05, 3.63) is 28.7 Å². The van der Waals surface area contributed by atoms with Crippen LogP contribution < -0.4 is 5.32 Å². The number of rotatable bonds is 5. The first-order valence-corrected chi connectivity index (χ1v) is 9.97. The quantitative estimate of drug-likeness (QED) is 0.752. The molecule has 7 heteroatoms. The van der Waals surface area contributed by atoms with Crippen molar-refractivity contribution >= 4 is 38.7 Å². The summed E-state index contributed by atoms with van der Waals surface area (Å²) in [7, 11) is 0. The van der Waals surface area contributed by atoms with Crippen LogP contribution in [0.2, 0.25) is 0 Å². The molecule has 1 N–H and O–H groups in total. The monoisotopic (exact) mass is 360 g/mol. The van der Waals surface area contributed by atoms with E-state index in [1.807, 2.05) is 0 Å². The summed E-state index contributed by atoms with van der Waals surface area (Å²) >= 11 is 3.46. The third-order valence-corrected chi connectivity index (χ3v) is 5.85. The van der Waals surface area contributed by atoms with E-state index in [9.17, 15) is 0 Å². The van der Waals surface area contributed by atoms with Crippen molar-refractivity contribution in [1.29, 1.82) is 0 Å². The second-order valence-corrected chi connectivity index (χ2v) is 7.52. The number of thiophene rings is 2. The first kappa shape index (κ1) is 16.0. The van der Waals surface area contributed by atoms with Gasteiger partial charge in [0.2, 0.25) is 0 Å². The SMILES string of the molecule is CCNc1nc(CN2CCOCC2)nc2scc(-c3cccs3)c12. The zero-order valence-electron chi connectivity index (χ0n) is 13.6. The molecule has 1 fully saturated rings. The van der Waals surface area contributed by atoms with E-state index in [0.29, 0.717) is 0 Å². The van der Waals surface area contributed by atoms with Crippen LogP contribution in [0.1, 0.15) is 12.7 Å². The predicted molar refractivity (Wildman–Crippen MR) is 101 cm³/mol. The Labute approximate surface area is 149 Å². The lowest BCUT2D eigenvalue weighted by Crippen LogP contribution is -2.36. The van der Waals surface area contributed by atoms with Crippen LogP contribution in [0.25, 0.3) is 20.7 Å². The average molecular weight is 361 g/mol. The average Bonchev–Trinajstić information content (AvgIpc) is 3.25. The summed E-state index contributed by atoms with van der Waals surface area (Å²) in [5, 5.41) is 8.89. The molecule has 0 aromatic carbocycles. The lowest BCUT2D eigenvalue weighted by atomic mass is 10.2. The Hall–Kier alpha value is -1.54. The van der Waals surface area contributed by atoms with Gasteiger partial charge >= 0.3 is 0 Å². The van der Waals surface area contributed by atoms with E-state index in [1.54, 1.807) is 22.7 Å². The molecule has 3 aromatic heterocycles. The van der Waals surface area contributed by atoms with Gasteiger partial charge in [0.05, 0.1) is 25.1 Å². The molecule has 0 atom stereocenters. The third-order valence-electron chi connectivity index (χ3n) is 4.08. The molecule has 24 heavy (non-hydrogen) atoms. The molecule has 0 bridgehead atoms. The van der Waals surface area contributed by atoms with E-state index >= 15 is 0 Å². The fraction of sp³-hybridized carbons (Fsp3) is 0.412. The fourth-order valence-electron chi connectivity index (χ4n) is 2.92. The second kappa shape index (κ2) is 7.14. The molecule has 4 heterocycles. The van der Waals surface area contributed by atoms with Crippen LogP contribution in [0, 0.1) is 0 Å². The number of nitrogens with zero attached hydrogens (tertiary/aromatic N) is 3. The Morgan fingerprint density at radius 1 is 1.25 bits per heavy atom. The van der Waals surface area contributed by atoms with Crippen LogP contribution >= 0.6 is 22.7 Å². The van der Waals surface area contributed by atoms with Gasteiger partial charge in [0.15, 0.2) is 0 Å². The third kappa shape index (κ3) is 3.17. The van der Waals surface area contributed by atoms with Crippen LogP contribution in [-0.4, -0.2) is 47.7 Å². The van der Waals surface area contributed by atoms with E-state index in [0.717, 1.165) is 61.3 Å². The zero-order valence-corrected chi connectivity index (χ0v) is 15.3. The highest BCUT2D eigenvalue weighted by molar-refractivity contribution is 7.18. The van der Waals surface area contributed by atoms with Crippen molar-refractivity contribution in [2.24, 2.45) is 0 Å². The minimum atomic E-state index is 0.782. The maximum absolute atomic E-state index is 5.42. The Morgan fingerprint density at radius 3 is 2.88 bits per heavy atom. The molecule has 0 amide bonds. The molecule has 126 valence electrons. The van der Waals surface area contributed by atoms with Gasteiger partial charge in [0.25, 0.3) is 0 Å². The van der Waals surface area contributed by atoms with Gasteiger partial charge < -0.3 is 10.1 Å². The van der Waals surface area contributed by atoms with Crippen LogP contribution in [0.15, 0.2) is 22.9 Å². The zero-order chi connectivity index (χ0) is 16.4. The van der Waals surface area contributed by atoms with Crippen LogP contribution in [0.5, 0.6) is 0 Å². The smallest absolute Gasteiger partial charge is 0.146 e.